The molecule has 1 aliphatic rings. The lowest BCUT2D eigenvalue weighted by Gasteiger charge is -2.32. The molecule has 1 unspecified atom stereocenters. The third-order valence-corrected chi connectivity index (χ3v) is 3.65. The predicted molar refractivity (Wildman–Crippen MR) is 79.7 cm³/mol. The van der Waals surface area contributed by atoms with Crippen LogP contribution in [0.25, 0.3) is 0 Å². The van der Waals surface area contributed by atoms with Gasteiger partial charge in [-0.05, 0) is 47.1 Å². The Morgan fingerprint density at radius 3 is 2.85 bits per heavy atom. The Bertz CT molecular complexity index is 643. The largest absolute Gasteiger partial charge is 0.479 e. The number of halogens is 1. The summed E-state index contributed by atoms with van der Waals surface area (Å²) >= 11 is 3.35. The van der Waals surface area contributed by atoms with Crippen molar-refractivity contribution in [1.82, 2.24) is 4.98 Å². The van der Waals surface area contributed by atoms with Crippen molar-refractivity contribution in [3.63, 3.8) is 0 Å². The molecule has 1 aliphatic heterocycles. The average molecular weight is 333 g/mol. The van der Waals surface area contributed by atoms with Crippen molar-refractivity contribution in [2.75, 3.05) is 4.90 Å². The van der Waals surface area contributed by atoms with Gasteiger partial charge >= 0.3 is 0 Å². The number of fused-ring (bicyclic) bond motifs is 1. The standard InChI is InChI=1S/C15H13BrN2O2/c1-10-15(19)18(9-12-7-6-11(16)8-17-12)13-4-2-3-5-14(13)20-10/h2-8,10H,9H2,1H3. The van der Waals surface area contributed by atoms with Crippen LogP contribution >= 0.6 is 15.9 Å². The van der Waals surface area contributed by atoms with Gasteiger partial charge in [0.1, 0.15) is 5.75 Å². The Balaban J connectivity index is 1.95. The summed E-state index contributed by atoms with van der Waals surface area (Å²) < 4.78 is 6.53. The van der Waals surface area contributed by atoms with Crippen molar-refractivity contribution in [2.24, 2.45) is 0 Å². The number of nitrogens with zero attached hydrogens (tertiary/aromatic N) is 2. The SMILES string of the molecule is CC1Oc2ccccc2N(Cc2ccc(Br)cn2)C1=O. The number of rotatable bonds is 2. The van der Waals surface area contributed by atoms with Gasteiger partial charge in [0.2, 0.25) is 0 Å². The fourth-order valence-electron chi connectivity index (χ4n) is 2.18. The highest BCUT2D eigenvalue weighted by atomic mass is 79.9. The van der Waals surface area contributed by atoms with E-state index in [9.17, 15) is 4.79 Å². The van der Waals surface area contributed by atoms with E-state index in [1.165, 1.54) is 0 Å². The molecule has 0 saturated heterocycles. The minimum Gasteiger partial charge on any atom is -0.479 e. The summed E-state index contributed by atoms with van der Waals surface area (Å²) in [4.78, 5) is 18.4. The highest BCUT2D eigenvalue weighted by molar-refractivity contribution is 9.10. The lowest BCUT2D eigenvalue weighted by Crippen LogP contribution is -2.44. The number of pyridine rings is 1. The van der Waals surface area contributed by atoms with Crippen LogP contribution in [0.15, 0.2) is 47.1 Å². The third kappa shape index (κ3) is 2.41. The summed E-state index contributed by atoms with van der Waals surface area (Å²) in [5, 5.41) is 0. The van der Waals surface area contributed by atoms with Gasteiger partial charge in [-0.2, -0.15) is 0 Å². The first-order valence-electron chi connectivity index (χ1n) is 6.32. The zero-order valence-electron chi connectivity index (χ0n) is 10.9. The van der Waals surface area contributed by atoms with Gasteiger partial charge in [-0.3, -0.25) is 14.7 Å². The van der Waals surface area contributed by atoms with E-state index in [1.807, 2.05) is 36.4 Å². The lowest BCUT2D eigenvalue weighted by molar-refractivity contribution is -0.125. The quantitative estimate of drug-likeness (QED) is 0.848. The van der Waals surface area contributed by atoms with E-state index in [0.29, 0.717) is 6.54 Å². The number of carbonyl (C=O) groups is 1. The first-order chi connectivity index (χ1) is 9.65. The van der Waals surface area contributed by atoms with E-state index in [0.717, 1.165) is 21.6 Å². The van der Waals surface area contributed by atoms with Gasteiger partial charge in [-0.15, -0.1) is 0 Å². The Morgan fingerprint density at radius 1 is 1.30 bits per heavy atom. The van der Waals surface area contributed by atoms with Crippen LogP contribution in [-0.2, 0) is 11.3 Å². The Labute approximate surface area is 125 Å². The number of ether oxygens (including phenoxy) is 1. The Hall–Kier alpha value is -1.88. The molecule has 20 heavy (non-hydrogen) atoms. The molecule has 0 aliphatic carbocycles. The molecular weight excluding hydrogens is 320 g/mol. The number of hydrogen-bond acceptors (Lipinski definition) is 3. The summed E-state index contributed by atoms with van der Waals surface area (Å²) in [5.41, 5.74) is 1.63. The maximum Gasteiger partial charge on any atom is 0.268 e. The van der Waals surface area contributed by atoms with Crippen LogP contribution in [0.4, 0.5) is 5.69 Å². The number of carbonyl (C=O) groups excluding carboxylic acids is 1. The first kappa shape index (κ1) is 13.1. The van der Waals surface area contributed by atoms with Crippen molar-refractivity contribution in [2.45, 2.75) is 19.6 Å². The minimum absolute atomic E-state index is 0.0478. The molecule has 1 aromatic heterocycles. The molecule has 4 nitrogen and oxygen atoms in total. The van der Waals surface area contributed by atoms with Crippen molar-refractivity contribution in [1.29, 1.82) is 0 Å². The maximum atomic E-state index is 12.3. The molecule has 0 bridgehead atoms. The van der Waals surface area contributed by atoms with Gasteiger partial charge in [0.05, 0.1) is 17.9 Å². The van der Waals surface area contributed by atoms with Crippen molar-refractivity contribution >= 4 is 27.5 Å². The molecule has 0 saturated carbocycles. The van der Waals surface area contributed by atoms with E-state index in [-0.39, 0.29) is 5.91 Å². The highest BCUT2D eigenvalue weighted by Gasteiger charge is 2.31. The average Bonchev–Trinajstić information content (AvgIpc) is 2.46. The minimum atomic E-state index is -0.472. The van der Waals surface area contributed by atoms with E-state index in [1.54, 1.807) is 18.0 Å². The number of amides is 1. The molecule has 2 aromatic rings. The molecule has 0 fully saturated rings. The van der Waals surface area contributed by atoms with E-state index >= 15 is 0 Å². The van der Waals surface area contributed by atoms with Crippen LogP contribution in [0.1, 0.15) is 12.6 Å². The summed E-state index contributed by atoms with van der Waals surface area (Å²) in [5.74, 6) is 0.685. The van der Waals surface area contributed by atoms with Gasteiger partial charge in [0.25, 0.3) is 5.91 Å². The molecule has 1 aromatic carbocycles. The van der Waals surface area contributed by atoms with Gasteiger partial charge in [-0.25, -0.2) is 0 Å². The van der Waals surface area contributed by atoms with Crippen LogP contribution in [0.3, 0.4) is 0 Å². The fourth-order valence-corrected chi connectivity index (χ4v) is 2.42. The second-order valence-electron chi connectivity index (χ2n) is 4.62. The van der Waals surface area contributed by atoms with Gasteiger partial charge in [0, 0.05) is 10.7 Å². The first-order valence-corrected chi connectivity index (χ1v) is 7.12. The number of aromatic nitrogens is 1. The number of anilines is 1. The third-order valence-electron chi connectivity index (χ3n) is 3.18. The van der Waals surface area contributed by atoms with Crippen LogP contribution in [-0.4, -0.2) is 17.0 Å². The van der Waals surface area contributed by atoms with Crippen LogP contribution < -0.4 is 9.64 Å². The topological polar surface area (TPSA) is 42.4 Å². The monoisotopic (exact) mass is 332 g/mol. The second-order valence-corrected chi connectivity index (χ2v) is 5.54. The Morgan fingerprint density at radius 2 is 2.10 bits per heavy atom. The summed E-state index contributed by atoms with van der Waals surface area (Å²) in [6, 6.07) is 11.4. The number of benzene rings is 1. The molecule has 0 N–H and O–H groups in total. The highest BCUT2D eigenvalue weighted by Crippen LogP contribution is 2.34. The molecular formula is C15H13BrN2O2. The summed E-state index contributed by atoms with van der Waals surface area (Å²) in [6.07, 6.45) is 1.26. The second kappa shape index (κ2) is 5.25. The molecule has 102 valence electrons. The van der Waals surface area contributed by atoms with Crippen LogP contribution in [0.2, 0.25) is 0 Å². The van der Waals surface area contributed by atoms with Crippen LogP contribution in [0.5, 0.6) is 5.75 Å². The van der Waals surface area contributed by atoms with Crippen molar-refractivity contribution < 1.29 is 9.53 Å². The predicted octanol–water partition coefficient (Wildman–Crippen LogP) is 3.16. The van der Waals surface area contributed by atoms with Gasteiger partial charge < -0.3 is 4.74 Å². The molecule has 2 heterocycles. The fraction of sp³-hybridized carbons (Fsp3) is 0.200. The molecule has 1 amide bonds. The van der Waals surface area contributed by atoms with Crippen molar-refractivity contribution in [3.05, 3.63) is 52.8 Å². The molecule has 5 heteroatoms. The molecule has 0 spiro atoms. The van der Waals surface area contributed by atoms with E-state index in [2.05, 4.69) is 20.9 Å². The smallest absolute Gasteiger partial charge is 0.268 e. The van der Waals surface area contributed by atoms with Gasteiger partial charge in [0.15, 0.2) is 6.10 Å². The lowest BCUT2D eigenvalue weighted by atomic mass is 10.1. The normalized spacial score (nSPS) is 17.6. The molecule has 0 radical (unpaired) electrons. The zero-order valence-corrected chi connectivity index (χ0v) is 12.5. The Kier molecular flexibility index (Phi) is 3.44. The zero-order chi connectivity index (χ0) is 14.1. The molecule has 3 rings (SSSR count). The van der Waals surface area contributed by atoms with E-state index < -0.39 is 6.10 Å². The van der Waals surface area contributed by atoms with Crippen molar-refractivity contribution in [3.8, 4) is 5.75 Å². The summed E-state index contributed by atoms with van der Waals surface area (Å²) in [6.45, 7) is 2.21. The van der Waals surface area contributed by atoms with Gasteiger partial charge in [-0.1, -0.05) is 12.1 Å². The number of para-hydroxylation sites is 2. The maximum absolute atomic E-state index is 12.3. The number of hydrogen-bond donors (Lipinski definition) is 0. The van der Waals surface area contributed by atoms with Crippen LogP contribution in [0, 0.1) is 0 Å². The summed E-state index contributed by atoms with van der Waals surface area (Å²) in [7, 11) is 0. The molecule has 1 atom stereocenters. The van der Waals surface area contributed by atoms with E-state index in [4.69, 9.17) is 4.74 Å².